The summed E-state index contributed by atoms with van der Waals surface area (Å²) in [5, 5.41) is 0. The van der Waals surface area contributed by atoms with Gasteiger partial charge < -0.3 is 18.6 Å². The second-order valence-electron chi connectivity index (χ2n) is 3.56. The lowest BCUT2D eigenvalue weighted by Gasteiger charge is -2.33. The van der Waals surface area contributed by atoms with Crippen molar-refractivity contribution in [3.05, 3.63) is 29.8 Å². The van der Waals surface area contributed by atoms with Crippen LogP contribution in [0.4, 0.5) is 0 Å². The third-order valence-corrected chi connectivity index (χ3v) is 2.99. The molecule has 1 aromatic rings. The van der Waals surface area contributed by atoms with E-state index < -0.39 is 5.97 Å². The number of benzene rings is 1. The van der Waals surface area contributed by atoms with Crippen molar-refractivity contribution in [2.75, 3.05) is 19.8 Å². The van der Waals surface area contributed by atoms with E-state index in [9.17, 15) is 0 Å². The fourth-order valence-electron chi connectivity index (χ4n) is 1.81. The van der Waals surface area contributed by atoms with Crippen LogP contribution in [0.25, 0.3) is 0 Å². The monoisotopic (exact) mass is 270 g/mol. The number of rotatable bonds is 8. The van der Waals surface area contributed by atoms with E-state index in [0.717, 1.165) is 11.3 Å². The van der Waals surface area contributed by atoms with Gasteiger partial charge in [-0.2, -0.15) is 0 Å². The first kappa shape index (κ1) is 15.2. The Balaban J connectivity index is 3.18. The highest BCUT2D eigenvalue weighted by Crippen LogP contribution is 2.34. The normalized spacial score (nSPS) is 11.7. The van der Waals surface area contributed by atoms with Crippen molar-refractivity contribution in [1.82, 2.24) is 0 Å². The zero-order valence-electron chi connectivity index (χ0n) is 11.6. The predicted octanol–water partition coefficient (Wildman–Crippen LogP) is 1.57. The molecule has 0 bridgehead atoms. The molecular weight excluding hydrogens is 248 g/mol. The minimum atomic E-state index is -1.14. The molecule has 0 atom stereocenters. The van der Waals surface area contributed by atoms with E-state index in [-0.39, 0.29) is 0 Å². The van der Waals surface area contributed by atoms with Crippen LogP contribution in [0, 0.1) is 0 Å². The maximum absolute atomic E-state index is 5.70. The maximum atomic E-state index is 5.70. The average Bonchev–Trinajstić information content (AvgIpc) is 2.39. The van der Waals surface area contributed by atoms with Crippen molar-refractivity contribution >= 4 is 10.5 Å². The van der Waals surface area contributed by atoms with Crippen molar-refractivity contribution < 1.29 is 18.6 Å². The van der Waals surface area contributed by atoms with Gasteiger partial charge in [-0.1, -0.05) is 12.1 Å². The van der Waals surface area contributed by atoms with Gasteiger partial charge in [-0.15, -0.1) is 0 Å². The smallest absolute Gasteiger partial charge is 0.305 e. The molecule has 18 heavy (non-hydrogen) atoms. The predicted molar refractivity (Wildman–Crippen MR) is 73.6 cm³/mol. The van der Waals surface area contributed by atoms with Crippen LogP contribution in [0.3, 0.4) is 0 Å². The number of hydrogen-bond donors (Lipinski definition) is 0. The molecule has 0 radical (unpaired) electrons. The second-order valence-corrected chi connectivity index (χ2v) is 3.96. The molecule has 5 heteroatoms. The molecule has 0 aliphatic carbocycles. The van der Waals surface area contributed by atoms with E-state index in [0.29, 0.717) is 30.3 Å². The molecule has 4 nitrogen and oxygen atoms in total. The first-order valence-corrected chi connectivity index (χ1v) is 7.11. The van der Waals surface area contributed by atoms with Gasteiger partial charge in [-0.05, 0) is 32.9 Å². The lowest BCUT2D eigenvalue weighted by Crippen LogP contribution is -2.36. The molecule has 1 aromatic carbocycles. The van der Waals surface area contributed by atoms with Crippen LogP contribution in [0.5, 0.6) is 5.75 Å². The topological polar surface area (TPSA) is 36.9 Å². The van der Waals surface area contributed by atoms with E-state index in [1.807, 2.05) is 45.0 Å². The molecule has 102 valence electrons. The Morgan fingerprint density at radius 1 is 1.00 bits per heavy atom. The summed E-state index contributed by atoms with van der Waals surface area (Å²) >= 11 is 0. The lowest BCUT2D eigenvalue weighted by molar-refractivity contribution is -0.353. The molecule has 0 aromatic heterocycles. The van der Waals surface area contributed by atoms with Crippen molar-refractivity contribution in [3.63, 3.8) is 0 Å². The molecule has 0 fully saturated rings. The summed E-state index contributed by atoms with van der Waals surface area (Å²) < 4.78 is 22.6. The number of hydrogen-bond acceptors (Lipinski definition) is 4. The van der Waals surface area contributed by atoms with Crippen molar-refractivity contribution in [2.45, 2.75) is 26.7 Å². The Morgan fingerprint density at radius 3 is 2.11 bits per heavy atom. The summed E-state index contributed by atoms with van der Waals surface area (Å²) in [4.78, 5) is 0. The molecule has 0 aliphatic heterocycles. The van der Waals surface area contributed by atoms with Crippen molar-refractivity contribution in [2.24, 2.45) is 0 Å². The van der Waals surface area contributed by atoms with Gasteiger partial charge in [0, 0.05) is 13.2 Å². The molecule has 0 N–H and O–H groups in total. The Hall–Kier alpha value is -0.883. The minimum absolute atomic E-state index is 0.503. The van der Waals surface area contributed by atoms with Crippen LogP contribution in [-0.4, -0.2) is 30.3 Å². The minimum Gasteiger partial charge on any atom is -0.493 e. The summed E-state index contributed by atoms with van der Waals surface area (Å²) in [6, 6.07) is 7.65. The number of ether oxygens (including phenoxy) is 3. The van der Waals surface area contributed by atoms with Gasteiger partial charge in [0.15, 0.2) is 10.5 Å². The van der Waals surface area contributed by atoms with Crippen LogP contribution in [-0.2, 0) is 19.9 Å². The van der Waals surface area contributed by atoms with Gasteiger partial charge in [0.05, 0.1) is 12.2 Å². The summed E-state index contributed by atoms with van der Waals surface area (Å²) in [6.45, 7) is 7.37. The molecule has 0 amide bonds. The average molecular weight is 270 g/mol. The molecule has 0 heterocycles. The van der Waals surface area contributed by atoms with Crippen LogP contribution in [0.1, 0.15) is 26.3 Å². The largest absolute Gasteiger partial charge is 0.493 e. The molecule has 1 rings (SSSR count). The highest BCUT2D eigenvalue weighted by Gasteiger charge is 2.36. The molecule has 0 unspecified atom stereocenters. The standard InChI is InChI=1S/C13H22O4Si/c1-4-14-12-10-8-7-9-11(12)13(17-18,15-5-2)16-6-3/h7-10H,4-6H2,1-3,18H3. The van der Waals surface area contributed by atoms with E-state index in [1.165, 1.54) is 0 Å². The van der Waals surface area contributed by atoms with Crippen LogP contribution < -0.4 is 4.74 Å². The van der Waals surface area contributed by atoms with Gasteiger partial charge in [0.2, 0.25) is 0 Å². The van der Waals surface area contributed by atoms with E-state index in [2.05, 4.69) is 0 Å². The van der Waals surface area contributed by atoms with Crippen molar-refractivity contribution in [1.29, 1.82) is 0 Å². The summed E-state index contributed by atoms with van der Waals surface area (Å²) in [6.07, 6.45) is 0. The molecule has 0 saturated heterocycles. The summed E-state index contributed by atoms with van der Waals surface area (Å²) in [7, 11) is 0.506. The van der Waals surface area contributed by atoms with E-state index in [1.54, 1.807) is 0 Å². The third kappa shape index (κ3) is 3.32. The highest BCUT2D eigenvalue weighted by molar-refractivity contribution is 5.98. The molecular formula is C13H22O4Si. The summed E-state index contributed by atoms with van der Waals surface area (Å²) in [5.41, 5.74) is 0.783. The van der Waals surface area contributed by atoms with Gasteiger partial charge in [0.25, 0.3) is 0 Å². The Morgan fingerprint density at radius 2 is 1.61 bits per heavy atom. The highest BCUT2D eigenvalue weighted by atomic mass is 28.2. The summed E-state index contributed by atoms with van der Waals surface area (Å²) in [5.74, 6) is -0.403. The van der Waals surface area contributed by atoms with Crippen LogP contribution in [0.2, 0.25) is 0 Å². The van der Waals surface area contributed by atoms with Gasteiger partial charge in [-0.3, -0.25) is 0 Å². The first-order valence-electron chi connectivity index (χ1n) is 6.29. The van der Waals surface area contributed by atoms with Gasteiger partial charge in [-0.25, -0.2) is 0 Å². The fraction of sp³-hybridized carbons (Fsp3) is 0.538. The lowest BCUT2D eigenvalue weighted by atomic mass is 10.1. The zero-order valence-corrected chi connectivity index (χ0v) is 13.6. The van der Waals surface area contributed by atoms with Crippen molar-refractivity contribution in [3.8, 4) is 5.75 Å². The van der Waals surface area contributed by atoms with E-state index in [4.69, 9.17) is 18.6 Å². The SMILES string of the molecule is CCOc1ccccc1C(O[SiH3])(OCC)OCC. The number of para-hydroxylation sites is 1. The van der Waals surface area contributed by atoms with E-state index >= 15 is 0 Å². The first-order chi connectivity index (χ1) is 8.74. The second kappa shape index (κ2) is 7.53. The Bertz CT molecular complexity index is 351. The maximum Gasteiger partial charge on any atom is 0.305 e. The zero-order chi connectivity index (χ0) is 13.4. The van der Waals surface area contributed by atoms with Crippen LogP contribution >= 0.6 is 0 Å². The Labute approximate surface area is 112 Å². The molecule has 0 aliphatic rings. The van der Waals surface area contributed by atoms with Gasteiger partial charge in [0.1, 0.15) is 5.75 Å². The molecule has 0 saturated carbocycles. The van der Waals surface area contributed by atoms with Crippen LogP contribution in [0.15, 0.2) is 24.3 Å². The molecule has 0 spiro atoms. The quantitative estimate of drug-likeness (QED) is 0.531. The third-order valence-electron chi connectivity index (χ3n) is 2.45. The Kier molecular flexibility index (Phi) is 6.35. The fourth-order valence-corrected chi connectivity index (χ4v) is 2.26. The van der Waals surface area contributed by atoms with Gasteiger partial charge >= 0.3 is 5.97 Å².